The number of carbonyl (C=O) groups excluding carboxylic acids is 3. The number of nitrogens with zero attached hydrogens (tertiary/aromatic N) is 4. The van der Waals surface area contributed by atoms with Crippen molar-refractivity contribution < 1.29 is 63.3 Å². The molecule has 6 rings (SSSR count). The maximum absolute atomic E-state index is 14.4. The van der Waals surface area contributed by atoms with Gasteiger partial charge < -0.3 is 63.8 Å². The molecule has 1 aliphatic carbocycles. The molecule has 0 radical (unpaired) electrons. The van der Waals surface area contributed by atoms with Gasteiger partial charge in [-0.1, -0.05) is 26.8 Å². The predicted octanol–water partition coefficient (Wildman–Crippen LogP) is 3.48. The zero-order valence-electron chi connectivity index (χ0n) is 43.2. The fraction of sp³-hybridized carbons (Fsp3) is 0.712. The van der Waals surface area contributed by atoms with Gasteiger partial charge in [0.05, 0.1) is 54.3 Å². The van der Waals surface area contributed by atoms with Crippen LogP contribution < -0.4 is 15.6 Å². The number of benzene rings is 1. The SMILES string of the molecule is C=CCO[C@]1(C)C[C@@H](C)NC(=O)[C@H](C)[C@@H](O)[C@](C)(O)[C@@H](CC)OC(=O)[C@H](C)[C@@H](OC(=O)CCN2CCN(c3ccc4c(c3)c(=O)c(C(=O)O)cn4C3CC3)CC2)[C@H](C)[C@H]1O[C@@H]1O[C@H](C)C[C@H](N(C)C)[C@H]1O. The second-order valence-electron chi connectivity index (χ2n) is 21.1. The van der Waals surface area contributed by atoms with Gasteiger partial charge in [-0.25, -0.2) is 4.79 Å². The van der Waals surface area contributed by atoms with Crippen LogP contribution in [-0.4, -0.2) is 178 Å². The van der Waals surface area contributed by atoms with Crippen molar-refractivity contribution in [2.45, 2.75) is 166 Å². The third-order valence-electron chi connectivity index (χ3n) is 15.2. The van der Waals surface area contributed by atoms with Gasteiger partial charge in [0.15, 0.2) is 6.29 Å². The Kier molecular flexibility index (Phi) is 18.2. The number of nitrogens with one attached hydrogen (secondary N) is 1. The summed E-state index contributed by atoms with van der Waals surface area (Å²) in [7, 11) is 3.72. The molecule has 0 bridgehead atoms. The van der Waals surface area contributed by atoms with E-state index in [1.807, 2.05) is 42.6 Å². The van der Waals surface area contributed by atoms with Gasteiger partial charge in [0.1, 0.15) is 29.5 Å². The smallest absolute Gasteiger partial charge is 0.341 e. The Morgan fingerprint density at radius 3 is 2.30 bits per heavy atom. The Hall–Kier alpha value is -4.47. The molecule has 2 aromatic rings. The summed E-state index contributed by atoms with van der Waals surface area (Å²) in [6, 6.07) is 4.80. The van der Waals surface area contributed by atoms with Crippen LogP contribution in [0.3, 0.4) is 0 Å². The molecule has 1 amide bonds. The number of aliphatic hydroxyl groups excluding tert-OH is 2. The number of hydrogen-bond acceptors (Lipinski definition) is 16. The highest BCUT2D eigenvalue weighted by Crippen LogP contribution is 2.40. The number of piperazine rings is 1. The van der Waals surface area contributed by atoms with Crippen molar-refractivity contribution in [3.05, 3.63) is 52.8 Å². The lowest BCUT2D eigenvalue weighted by Crippen LogP contribution is -2.60. The summed E-state index contributed by atoms with van der Waals surface area (Å²) < 4.78 is 34.1. The van der Waals surface area contributed by atoms with Gasteiger partial charge in [-0.05, 0) is 99.0 Å². The number of aliphatic hydroxyl groups is 3. The maximum Gasteiger partial charge on any atom is 0.341 e. The van der Waals surface area contributed by atoms with Crippen LogP contribution in [0, 0.1) is 17.8 Å². The van der Waals surface area contributed by atoms with Crippen LogP contribution in [0.4, 0.5) is 5.69 Å². The summed E-state index contributed by atoms with van der Waals surface area (Å²) in [4.78, 5) is 73.9. The Bertz CT molecular complexity index is 2280. The van der Waals surface area contributed by atoms with E-state index in [1.54, 1.807) is 46.8 Å². The van der Waals surface area contributed by atoms with E-state index >= 15 is 0 Å². The first-order valence-electron chi connectivity index (χ1n) is 25.3. The number of anilines is 1. The second kappa shape index (κ2) is 23.2. The predicted molar refractivity (Wildman–Crippen MR) is 265 cm³/mol. The molecule has 0 spiro atoms. The van der Waals surface area contributed by atoms with E-state index in [0.29, 0.717) is 50.0 Å². The first-order chi connectivity index (χ1) is 33.4. The van der Waals surface area contributed by atoms with E-state index in [4.69, 9.17) is 23.7 Å². The molecule has 3 saturated heterocycles. The lowest BCUT2D eigenvalue weighted by molar-refractivity contribution is -0.302. The van der Waals surface area contributed by atoms with E-state index in [1.165, 1.54) is 20.0 Å². The third kappa shape index (κ3) is 12.7. The number of ether oxygens (including phenoxy) is 5. The monoisotopic (exact) mass is 998 g/mol. The molecule has 4 heterocycles. The van der Waals surface area contributed by atoms with Crippen molar-refractivity contribution >= 4 is 40.4 Å². The summed E-state index contributed by atoms with van der Waals surface area (Å²) in [5.41, 5.74) is -2.68. The molecular weight excluding hydrogens is 919 g/mol. The number of rotatable bonds is 14. The second-order valence-corrected chi connectivity index (χ2v) is 21.1. The summed E-state index contributed by atoms with van der Waals surface area (Å²) in [5.74, 6) is -6.45. The van der Waals surface area contributed by atoms with E-state index in [-0.39, 0.29) is 49.6 Å². The minimum atomic E-state index is -2.07. The summed E-state index contributed by atoms with van der Waals surface area (Å²) in [5, 5.41) is 48.1. The number of amides is 1. The van der Waals surface area contributed by atoms with Crippen molar-refractivity contribution in [1.82, 2.24) is 19.7 Å². The van der Waals surface area contributed by atoms with Gasteiger partial charge >= 0.3 is 17.9 Å². The molecule has 396 valence electrons. The number of cyclic esters (lactones) is 1. The molecule has 71 heavy (non-hydrogen) atoms. The minimum Gasteiger partial charge on any atom is -0.477 e. The van der Waals surface area contributed by atoms with Gasteiger partial charge in [-0.15, -0.1) is 6.58 Å². The van der Waals surface area contributed by atoms with Gasteiger partial charge in [-0.2, -0.15) is 0 Å². The molecule has 0 unspecified atom stereocenters. The number of pyridine rings is 1. The van der Waals surface area contributed by atoms with Gasteiger partial charge in [-0.3, -0.25) is 24.1 Å². The van der Waals surface area contributed by atoms with Crippen molar-refractivity contribution in [1.29, 1.82) is 0 Å². The number of carbonyl (C=O) groups is 4. The molecule has 1 aromatic carbocycles. The van der Waals surface area contributed by atoms with E-state index in [0.717, 1.165) is 18.5 Å². The van der Waals surface area contributed by atoms with Crippen LogP contribution >= 0.6 is 0 Å². The normalized spacial score (nSPS) is 35.0. The average Bonchev–Trinajstić information content (AvgIpc) is 4.18. The van der Waals surface area contributed by atoms with Gasteiger partial charge in [0.2, 0.25) is 11.3 Å². The number of fused-ring (bicyclic) bond motifs is 1. The van der Waals surface area contributed by atoms with Crippen molar-refractivity contribution in [3.8, 4) is 0 Å². The lowest BCUT2D eigenvalue weighted by Gasteiger charge is -2.48. The standard InChI is InChI=1S/C52H79N5O14/c1-12-24-67-51(8)27-29(3)53-47(62)33(7)45(61)52(9,66)40(13-2)69-49(65)32(6)44(31(5)46(51)71-50-43(60)39(54(10)11)25-30(4)68-50)70-41(58)18-19-55-20-22-56(23-21-55)35-16-17-38-36(26-35)42(59)37(48(63)64)28-57(38)34-14-15-34/h12,16-17,26,28-34,39-40,43-46,50,60-61,66H,1,13-15,18-25,27H2,2-11H3,(H,53,62)(H,63,64)/t29-,30-,31+,32-,33-,39+,40-,43-,44+,45-,46-,50+,51-,52-/m1/s1. The fourth-order valence-corrected chi connectivity index (χ4v) is 10.9. The summed E-state index contributed by atoms with van der Waals surface area (Å²) >= 11 is 0. The number of carboxylic acids is 1. The Labute approximate surface area is 417 Å². The maximum atomic E-state index is 14.4. The Morgan fingerprint density at radius 1 is 1.01 bits per heavy atom. The van der Waals surface area contributed by atoms with E-state index in [2.05, 4.69) is 21.7 Å². The zero-order chi connectivity index (χ0) is 52.3. The summed E-state index contributed by atoms with van der Waals surface area (Å²) in [6.45, 7) is 19.7. The number of hydrogen-bond donors (Lipinski definition) is 5. The molecule has 3 aliphatic heterocycles. The highest BCUT2D eigenvalue weighted by molar-refractivity contribution is 5.93. The zero-order valence-corrected chi connectivity index (χ0v) is 43.2. The first-order valence-corrected chi connectivity index (χ1v) is 25.3. The molecule has 1 aromatic heterocycles. The minimum absolute atomic E-state index is 0.0344. The highest BCUT2D eigenvalue weighted by Gasteiger charge is 2.52. The van der Waals surface area contributed by atoms with Crippen LogP contribution in [0.15, 0.2) is 41.8 Å². The first kappa shape index (κ1) is 55.8. The highest BCUT2D eigenvalue weighted by atomic mass is 16.7. The fourth-order valence-electron chi connectivity index (χ4n) is 10.9. The van der Waals surface area contributed by atoms with Gasteiger partial charge in [0.25, 0.3) is 0 Å². The van der Waals surface area contributed by atoms with Crippen molar-refractivity contribution in [2.24, 2.45) is 17.8 Å². The van der Waals surface area contributed by atoms with Crippen LogP contribution in [-0.2, 0) is 38.1 Å². The lowest BCUT2D eigenvalue weighted by atomic mass is 9.78. The number of carboxylic acid groups (broad SMARTS) is 1. The molecule has 1 saturated carbocycles. The number of aromatic carboxylic acids is 1. The molecule has 5 N–H and O–H groups in total. The molecule has 4 aliphatic rings. The Balaban J connectivity index is 1.27. The van der Waals surface area contributed by atoms with E-state index in [9.17, 15) is 44.4 Å². The van der Waals surface area contributed by atoms with Gasteiger partial charge in [0, 0.05) is 74.0 Å². The molecular formula is C52H79N5O14. The van der Waals surface area contributed by atoms with Crippen molar-refractivity contribution in [2.75, 3.05) is 58.3 Å². The summed E-state index contributed by atoms with van der Waals surface area (Å²) in [6.07, 6.45) is -2.38. The Morgan fingerprint density at radius 2 is 1.69 bits per heavy atom. The molecule has 19 nitrogen and oxygen atoms in total. The van der Waals surface area contributed by atoms with Crippen LogP contribution in [0.5, 0.6) is 0 Å². The number of likely N-dealkylation sites (N-methyl/N-ethyl adjacent to an activating group) is 1. The molecule has 19 heteroatoms. The largest absolute Gasteiger partial charge is 0.477 e. The average molecular weight is 998 g/mol. The van der Waals surface area contributed by atoms with E-state index < -0.39 is 101 Å². The van der Waals surface area contributed by atoms with Crippen LogP contribution in [0.25, 0.3) is 10.9 Å². The van der Waals surface area contributed by atoms with Crippen molar-refractivity contribution in [3.63, 3.8) is 0 Å². The number of esters is 2. The quantitative estimate of drug-likeness (QED) is 0.135. The van der Waals surface area contributed by atoms with Crippen LogP contribution in [0.1, 0.15) is 110 Å². The molecule has 4 fully saturated rings. The molecule has 14 atom stereocenters. The topological polar surface area (TPSA) is 239 Å². The number of aromatic nitrogens is 1. The van der Waals surface area contributed by atoms with Crippen LogP contribution in [0.2, 0.25) is 0 Å². The third-order valence-corrected chi connectivity index (χ3v) is 15.2.